The van der Waals surface area contributed by atoms with E-state index in [1.54, 1.807) is 12.1 Å². The third kappa shape index (κ3) is 2.44. The van der Waals surface area contributed by atoms with Crippen molar-refractivity contribution in [2.75, 3.05) is 7.05 Å². The van der Waals surface area contributed by atoms with E-state index in [0.717, 1.165) is 23.2 Å². The Hall–Kier alpha value is -1.67. The summed E-state index contributed by atoms with van der Waals surface area (Å²) in [5.74, 6) is -0.167. The molecule has 0 unspecified atom stereocenters. The lowest BCUT2D eigenvalue weighted by molar-refractivity contribution is 0.625. The number of benzene rings is 2. The summed E-state index contributed by atoms with van der Waals surface area (Å²) in [6, 6.07) is 11.5. The van der Waals surface area contributed by atoms with E-state index < -0.39 is 0 Å². The fourth-order valence-electron chi connectivity index (χ4n) is 2.44. The summed E-state index contributed by atoms with van der Waals surface area (Å²) in [5.41, 5.74) is 5.52. The van der Waals surface area contributed by atoms with E-state index in [0.29, 0.717) is 0 Å². The third-order valence-electron chi connectivity index (χ3n) is 3.15. The minimum absolute atomic E-state index is 0.167. The normalized spacial score (nSPS) is 10.7. The van der Waals surface area contributed by atoms with E-state index >= 15 is 0 Å². The van der Waals surface area contributed by atoms with Crippen LogP contribution < -0.4 is 5.32 Å². The van der Waals surface area contributed by atoms with Crippen LogP contribution in [0.25, 0.3) is 11.1 Å². The Labute approximate surface area is 108 Å². The lowest BCUT2D eigenvalue weighted by Crippen LogP contribution is -2.07. The maximum absolute atomic E-state index is 13.4. The highest BCUT2D eigenvalue weighted by molar-refractivity contribution is 5.73. The molecule has 0 saturated carbocycles. The fraction of sp³-hybridized carbons (Fsp3) is 0.250. The van der Waals surface area contributed by atoms with Gasteiger partial charge in [-0.1, -0.05) is 24.3 Å². The highest BCUT2D eigenvalue weighted by Gasteiger charge is 2.10. The molecular formula is C16H18FN. The highest BCUT2D eigenvalue weighted by atomic mass is 19.1. The molecule has 0 amide bonds. The van der Waals surface area contributed by atoms with Crippen molar-refractivity contribution in [2.24, 2.45) is 0 Å². The van der Waals surface area contributed by atoms with Crippen LogP contribution in [0.15, 0.2) is 36.4 Å². The van der Waals surface area contributed by atoms with Crippen LogP contribution in [-0.4, -0.2) is 7.05 Å². The molecule has 2 aromatic rings. The van der Waals surface area contributed by atoms with Gasteiger partial charge in [0.2, 0.25) is 0 Å². The van der Waals surface area contributed by atoms with Crippen molar-refractivity contribution < 1.29 is 4.39 Å². The van der Waals surface area contributed by atoms with Gasteiger partial charge in [0.15, 0.2) is 0 Å². The summed E-state index contributed by atoms with van der Waals surface area (Å²) in [6.45, 7) is 4.73. The van der Waals surface area contributed by atoms with Crippen molar-refractivity contribution in [1.82, 2.24) is 5.32 Å². The van der Waals surface area contributed by atoms with E-state index in [4.69, 9.17) is 0 Å². The first-order valence-electron chi connectivity index (χ1n) is 6.13. The molecule has 0 radical (unpaired) electrons. The predicted molar refractivity (Wildman–Crippen MR) is 74.1 cm³/mol. The molecule has 94 valence electrons. The summed E-state index contributed by atoms with van der Waals surface area (Å²) in [4.78, 5) is 0. The Morgan fingerprint density at radius 3 is 2.28 bits per heavy atom. The largest absolute Gasteiger partial charge is 0.316 e. The molecule has 0 heterocycles. The quantitative estimate of drug-likeness (QED) is 0.864. The van der Waals surface area contributed by atoms with E-state index in [1.165, 1.54) is 11.1 Å². The molecular weight excluding hydrogens is 225 g/mol. The number of halogens is 1. The van der Waals surface area contributed by atoms with Gasteiger partial charge in [-0.2, -0.15) is 0 Å². The summed E-state index contributed by atoms with van der Waals surface area (Å²) >= 11 is 0. The predicted octanol–water partition coefficient (Wildman–Crippen LogP) is 3.83. The van der Waals surface area contributed by atoms with Gasteiger partial charge in [0.05, 0.1) is 0 Å². The van der Waals surface area contributed by atoms with Crippen LogP contribution >= 0.6 is 0 Å². The summed E-state index contributed by atoms with van der Waals surface area (Å²) in [6.07, 6.45) is 0. The fourth-order valence-corrected chi connectivity index (χ4v) is 2.44. The zero-order valence-corrected chi connectivity index (χ0v) is 11.0. The van der Waals surface area contributed by atoms with Gasteiger partial charge >= 0.3 is 0 Å². The molecule has 0 saturated heterocycles. The van der Waals surface area contributed by atoms with E-state index in [9.17, 15) is 4.39 Å². The molecule has 0 aliphatic carbocycles. The second-order valence-corrected chi connectivity index (χ2v) is 4.60. The van der Waals surface area contributed by atoms with Crippen LogP contribution in [0, 0.1) is 19.7 Å². The molecule has 2 heteroatoms. The molecule has 0 aromatic heterocycles. The summed E-state index contributed by atoms with van der Waals surface area (Å²) in [7, 11) is 1.93. The molecule has 0 fully saturated rings. The van der Waals surface area contributed by atoms with E-state index in [2.05, 4.69) is 17.4 Å². The van der Waals surface area contributed by atoms with Gasteiger partial charge in [-0.3, -0.25) is 0 Å². The van der Waals surface area contributed by atoms with Gasteiger partial charge in [0.1, 0.15) is 5.82 Å². The van der Waals surface area contributed by atoms with E-state index in [-0.39, 0.29) is 5.82 Å². The Morgan fingerprint density at radius 2 is 1.67 bits per heavy atom. The zero-order valence-electron chi connectivity index (χ0n) is 11.0. The average molecular weight is 243 g/mol. The molecule has 0 bridgehead atoms. The van der Waals surface area contributed by atoms with Gasteiger partial charge in [0, 0.05) is 6.54 Å². The second kappa shape index (κ2) is 5.32. The van der Waals surface area contributed by atoms with Crippen molar-refractivity contribution >= 4 is 0 Å². The Kier molecular flexibility index (Phi) is 3.78. The molecule has 0 aliphatic heterocycles. The number of hydrogen-bond donors (Lipinski definition) is 1. The second-order valence-electron chi connectivity index (χ2n) is 4.60. The van der Waals surface area contributed by atoms with Crippen LogP contribution in [0.5, 0.6) is 0 Å². The zero-order chi connectivity index (χ0) is 13.1. The third-order valence-corrected chi connectivity index (χ3v) is 3.15. The monoisotopic (exact) mass is 243 g/mol. The number of hydrogen-bond acceptors (Lipinski definition) is 1. The standard InChI is InChI=1S/C16H18FN/c1-11-8-14(17)9-12(2)16(11)15-7-5-4-6-13(15)10-18-3/h4-9,18H,10H2,1-3H3. The Bertz CT molecular complexity index is 538. The van der Waals surface area contributed by atoms with Crippen LogP contribution in [-0.2, 0) is 6.54 Å². The van der Waals surface area contributed by atoms with Gasteiger partial charge in [-0.25, -0.2) is 4.39 Å². The van der Waals surface area contributed by atoms with Gasteiger partial charge in [-0.15, -0.1) is 0 Å². The first-order chi connectivity index (χ1) is 8.63. The minimum Gasteiger partial charge on any atom is -0.316 e. The number of rotatable bonds is 3. The highest BCUT2D eigenvalue weighted by Crippen LogP contribution is 2.30. The molecule has 2 aromatic carbocycles. The SMILES string of the molecule is CNCc1ccccc1-c1c(C)cc(F)cc1C. The lowest BCUT2D eigenvalue weighted by Gasteiger charge is -2.14. The summed E-state index contributed by atoms with van der Waals surface area (Å²) < 4.78 is 13.4. The van der Waals surface area contributed by atoms with Crippen LogP contribution in [0.2, 0.25) is 0 Å². The van der Waals surface area contributed by atoms with Crippen molar-refractivity contribution in [3.05, 3.63) is 58.9 Å². The Morgan fingerprint density at radius 1 is 1.06 bits per heavy atom. The van der Waals surface area contributed by atoms with Crippen LogP contribution in [0.3, 0.4) is 0 Å². The van der Waals surface area contributed by atoms with Crippen LogP contribution in [0.1, 0.15) is 16.7 Å². The molecule has 0 atom stereocenters. The van der Waals surface area contributed by atoms with Gasteiger partial charge < -0.3 is 5.32 Å². The van der Waals surface area contributed by atoms with Crippen molar-refractivity contribution in [1.29, 1.82) is 0 Å². The van der Waals surface area contributed by atoms with Crippen molar-refractivity contribution in [3.63, 3.8) is 0 Å². The topological polar surface area (TPSA) is 12.0 Å². The molecule has 1 N–H and O–H groups in total. The smallest absolute Gasteiger partial charge is 0.123 e. The van der Waals surface area contributed by atoms with Crippen LogP contribution in [0.4, 0.5) is 4.39 Å². The molecule has 2 rings (SSSR count). The molecule has 0 aliphatic rings. The average Bonchev–Trinajstić information content (AvgIpc) is 2.30. The lowest BCUT2D eigenvalue weighted by atomic mass is 9.92. The minimum atomic E-state index is -0.167. The summed E-state index contributed by atoms with van der Waals surface area (Å²) in [5, 5.41) is 3.17. The Balaban J connectivity index is 2.62. The molecule has 0 spiro atoms. The maximum Gasteiger partial charge on any atom is 0.123 e. The molecule has 18 heavy (non-hydrogen) atoms. The van der Waals surface area contributed by atoms with Gasteiger partial charge in [-0.05, 0) is 60.8 Å². The maximum atomic E-state index is 13.4. The first-order valence-corrected chi connectivity index (χ1v) is 6.13. The first kappa shape index (κ1) is 12.8. The van der Waals surface area contributed by atoms with Crippen molar-refractivity contribution in [3.8, 4) is 11.1 Å². The van der Waals surface area contributed by atoms with Gasteiger partial charge in [0.25, 0.3) is 0 Å². The van der Waals surface area contributed by atoms with E-state index in [1.807, 2.05) is 33.0 Å². The molecule has 1 nitrogen and oxygen atoms in total. The number of aryl methyl sites for hydroxylation is 2. The number of nitrogens with one attached hydrogen (secondary N) is 1. The van der Waals surface area contributed by atoms with Crippen molar-refractivity contribution in [2.45, 2.75) is 20.4 Å².